The van der Waals surface area contributed by atoms with Gasteiger partial charge in [-0.25, -0.2) is 21.1 Å². The van der Waals surface area contributed by atoms with Crippen LogP contribution in [0.1, 0.15) is 18.4 Å². The van der Waals surface area contributed by atoms with Gasteiger partial charge in [-0.3, -0.25) is 4.79 Å². The highest BCUT2D eigenvalue weighted by Crippen LogP contribution is 2.34. The van der Waals surface area contributed by atoms with E-state index in [1.54, 1.807) is 29.2 Å². The number of hydrogen-bond acceptors (Lipinski definition) is 6. The molecule has 2 aromatic rings. The van der Waals surface area contributed by atoms with Gasteiger partial charge >= 0.3 is 0 Å². The standard InChI is InChI=1S/C23H29N3O6S2/c1-24(2)33(28,29)21-8-9-22-18(16-21)12-15-26(22)23(27)17-10-13-25(14-11-17)34(30,31)20-6-4-19(32-3)5-7-20/h4-9,16-17H,10-15H2,1-3H3. The second-order valence-corrected chi connectivity index (χ2v) is 12.8. The van der Waals surface area contributed by atoms with E-state index >= 15 is 0 Å². The highest BCUT2D eigenvalue weighted by atomic mass is 32.2. The van der Waals surface area contributed by atoms with Crippen LogP contribution >= 0.6 is 0 Å². The van der Waals surface area contributed by atoms with Crippen LogP contribution in [0.4, 0.5) is 5.69 Å². The van der Waals surface area contributed by atoms with Crippen LogP contribution in [0.5, 0.6) is 5.75 Å². The van der Waals surface area contributed by atoms with Crippen molar-refractivity contribution in [1.82, 2.24) is 8.61 Å². The third-order valence-corrected chi connectivity index (χ3v) is 10.2. The van der Waals surface area contributed by atoms with Crippen molar-refractivity contribution in [3.63, 3.8) is 0 Å². The summed E-state index contributed by atoms with van der Waals surface area (Å²) in [6.07, 6.45) is 1.46. The molecule has 1 fully saturated rings. The van der Waals surface area contributed by atoms with Crippen LogP contribution in [0.25, 0.3) is 0 Å². The van der Waals surface area contributed by atoms with Crippen molar-refractivity contribution in [3.05, 3.63) is 48.0 Å². The molecule has 34 heavy (non-hydrogen) atoms. The number of nitrogens with zero attached hydrogens (tertiary/aromatic N) is 3. The maximum Gasteiger partial charge on any atom is 0.243 e. The van der Waals surface area contributed by atoms with E-state index in [1.807, 2.05) is 0 Å². The zero-order valence-electron chi connectivity index (χ0n) is 19.5. The monoisotopic (exact) mass is 507 g/mol. The highest BCUT2D eigenvalue weighted by molar-refractivity contribution is 7.89. The van der Waals surface area contributed by atoms with Gasteiger partial charge < -0.3 is 9.64 Å². The first-order chi connectivity index (χ1) is 16.1. The van der Waals surface area contributed by atoms with E-state index in [2.05, 4.69) is 0 Å². The molecule has 2 aliphatic heterocycles. The zero-order chi connectivity index (χ0) is 24.7. The fourth-order valence-electron chi connectivity index (χ4n) is 4.44. The molecule has 0 atom stereocenters. The lowest BCUT2D eigenvalue weighted by molar-refractivity contribution is -0.123. The number of carbonyl (C=O) groups excluding carboxylic acids is 1. The van der Waals surface area contributed by atoms with E-state index < -0.39 is 20.0 Å². The first-order valence-electron chi connectivity index (χ1n) is 11.1. The van der Waals surface area contributed by atoms with Gasteiger partial charge in [-0.2, -0.15) is 4.31 Å². The SMILES string of the molecule is COc1ccc(S(=O)(=O)N2CCC(C(=O)N3CCc4cc(S(=O)(=O)N(C)C)ccc43)CC2)cc1. The van der Waals surface area contributed by atoms with E-state index in [-0.39, 0.29) is 34.7 Å². The molecule has 0 bridgehead atoms. The van der Waals surface area contributed by atoms with Gasteiger partial charge in [0.25, 0.3) is 0 Å². The van der Waals surface area contributed by atoms with Crippen molar-refractivity contribution in [2.24, 2.45) is 5.92 Å². The van der Waals surface area contributed by atoms with Crippen LogP contribution in [0.3, 0.4) is 0 Å². The van der Waals surface area contributed by atoms with E-state index in [9.17, 15) is 21.6 Å². The predicted octanol–water partition coefficient (Wildman–Crippen LogP) is 1.94. The van der Waals surface area contributed by atoms with Crippen LogP contribution in [-0.2, 0) is 31.3 Å². The largest absolute Gasteiger partial charge is 0.497 e. The minimum atomic E-state index is -3.64. The summed E-state index contributed by atoms with van der Waals surface area (Å²) in [7, 11) is -2.69. The fraction of sp³-hybridized carbons (Fsp3) is 0.435. The quantitative estimate of drug-likeness (QED) is 0.592. The number of sulfonamides is 2. The van der Waals surface area contributed by atoms with Crippen molar-refractivity contribution in [2.45, 2.75) is 29.1 Å². The second kappa shape index (κ2) is 9.29. The first kappa shape index (κ1) is 24.6. The Hall–Kier alpha value is -2.47. The number of fused-ring (bicyclic) bond motifs is 1. The first-order valence-corrected chi connectivity index (χ1v) is 13.9. The van der Waals surface area contributed by atoms with Crippen molar-refractivity contribution in [1.29, 1.82) is 0 Å². The Kier molecular flexibility index (Phi) is 6.74. The van der Waals surface area contributed by atoms with Gasteiger partial charge in [0.2, 0.25) is 26.0 Å². The molecule has 1 amide bonds. The van der Waals surface area contributed by atoms with Gasteiger partial charge in [-0.05, 0) is 67.3 Å². The third kappa shape index (κ3) is 4.45. The summed E-state index contributed by atoms with van der Waals surface area (Å²) in [4.78, 5) is 15.4. The van der Waals surface area contributed by atoms with E-state index in [0.717, 1.165) is 11.3 Å². The molecule has 9 nitrogen and oxygen atoms in total. The average molecular weight is 508 g/mol. The molecular weight excluding hydrogens is 478 g/mol. The van der Waals surface area contributed by atoms with Gasteiger partial charge in [0.1, 0.15) is 5.75 Å². The number of ether oxygens (including phenoxy) is 1. The molecule has 0 radical (unpaired) electrons. The van der Waals surface area contributed by atoms with Gasteiger partial charge in [-0.15, -0.1) is 0 Å². The lowest BCUT2D eigenvalue weighted by Gasteiger charge is -2.32. The summed E-state index contributed by atoms with van der Waals surface area (Å²) in [5.41, 5.74) is 1.56. The Morgan fingerprint density at radius 2 is 1.56 bits per heavy atom. The van der Waals surface area contributed by atoms with Gasteiger partial charge in [0, 0.05) is 45.3 Å². The number of methoxy groups -OCH3 is 1. The third-order valence-electron chi connectivity index (χ3n) is 6.49. The Labute approximate surface area is 201 Å². The van der Waals surface area contributed by atoms with Crippen LogP contribution in [0.15, 0.2) is 52.3 Å². The molecule has 0 spiro atoms. The number of carbonyl (C=O) groups is 1. The van der Waals surface area contributed by atoms with Gasteiger partial charge in [-0.1, -0.05) is 0 Å². The molecule has 0 unspecified atom stereocenters. The van der Waals surface area contributed by atoms with E-state index in [4.69, 9.17) is 4.74 Å². The molecule has 184 valence electrons. The number of benzene rings is 2. The van der Waals surface area contributed by atoms with Crippen molar-refractivity contribution in [2.75, 3.05) is 45.7 Å². The smallest absolute Gasteiger partial charge is 0.243 e. The second-order valence-electron chi connectivity index (χ2n) is 8.67. The topological polar surface area (TPSA) is 104 Å². The summed E-state index contributed by atoms with van der Waals surface area (Å²) >= 11 is 0. The minimum Gasteiger partial charge on any atom is -0.497 e. The predicted molar refractivity (Wildman–Crippen MR) is 128 cm³/mol. The summed E-state index contributed by atoms with van der Waals surface area (Å²) < 4.78 is 58.5. The summed E-state index contributed by atoms with van der Waals surface area (Å²) in [6, 6.07) is 11.1. The lowest BCUT2D eigenvalue weighted by atomic mass is 9.96. The van der Waals surface area contributed by atoms with Crippen molar-refractivity contribution < 1.29 is 26.4 Å². The molecular formula is C23H29N3O6S2. The maximum atomic E-state index is 13.3. The molecule has 1 saturated heterocycles. The molecule has 0 saturated carbocycles. The Bertz CT molecular complexity index is 1280. The molecule has 2 aromatic carbocycles. The van der Waals surface area contributed by atoms with E-state index in [0.29, 0.717) is 31.6 Å². The molecule has 2 heterocycles. The zero-order valence-corrected chi connectivity index (χ0v) is 21.1. The number of rotatable bonds is 6. The lowest BCUT2D eigenvalue weighted by Crippen LogP contribution is -2.44. The number of amides is 1. The fourth-order valence-corrected chi connectivity index (χ4v) is 6.86. The Balaban J connectivity index is 1.44. The molecule has 0 N–H and O–H groups in total. The Morgan fingerprint density at radius 3 is 2.15 bits per heavy atom. The summed E-state index contributed by atoms with van der Waals surface area (Å²) in [5.74, 6) is 0.266. The minimum absolute atomic E-state index is 0.0385. The normalized spacial score (nSPS) is 17.7. The summed E-state index contributed by atoms with van der Waals surface area (Å²) in [5, 5.41) is 0. The summed E-state index contributed by atoms with van der Waals surface area (Å²) in [6.45, 7) is 1.03. The van der Waals surface area contributed by atoms with Crippen LogP contribution in [0, 0.1) is 5.92 Å². The van der Waals surface area contributed by atoms with Gasteiger partial charge in [0.05, 0.1) is 16.9 Å². The number of piperidine rings is 1. The van der Waals surface area contributed by atoms with Crippen LogP contribution in [-0.4, -0.2) is 72.2 Å². The molecule has 4 rings (SSSR count). The molecule has 11 heteroatoms. The molecule has 2 aliphatic rings. The van der Waals surface area contributed by atoms with Gasteiger partial charge in [0.15, 0.2) is 0 Å². The molecule has 0 aliphatic carbocycles. The average Bonchev–Trinajstić information content (AvgIpc) is 3.27. The number of anilines is 1. The van der Waals surface area contributed by atoms with Crippen molar-refractivity contribution in [3.8, 4) is 5.75 Å². The molecule has 0 aromatic heterocycles. The Morgan fingerprint density at radius 1 is 0.941 bits per heavy atom. The highest BCUT2D eigenvalue weighted by Gasteiger charge is 2.36. The maximum absolute atomic E-state index is 13.3. The number of hydrogen-bond donors (Lipinski definition) is 0. The van der Waals surface area contributed by atoms with Crippen LogP contribution < -0.4 is 9.64 Å². The van der Waals surface area contributed by atoms with E-state index in [1.165, 1.54) is 48.0 Å². The van der Waals surface area contributed by atoms with Crippen LogP contribution in [0.2, 0.25) is 0 Å². The van der Waals surface area contributed by atoms with Crippen molar-refractivity contribution >= 4 is 31.6 Å².